The quantitative estimate of drug-likeness (QED) is 0.229. The Balaban J connectivity index is 1.68. The number of carbonyl (C=O) groups excluding carboxylic acids is 2. The minimum Gasteiger partial charge on any atom is -0.458 e. The number of amides is 1. The number of carbonyl (C=O) groups is 2. The SMILES string of the molecule is C=CCOC(=O)C1=C(C)NC(SCC(=O)N(c2ccccc2)c2ccccc2)=C(C#N)[C@H]1c1ccc(Cl)cc1. The van der Waals surface area contributed by atoms with Gasteiger partial charge in [-0.05, 0) is 48.9 Å². The van der Waals surface area contributed by atoms with Crippen LogP contribution in [0, 0.1) is 11.3 Å². The van der Waals surface area contributed by atoms with Crippen molar-refractivity contribution in [3.63, 3.8) is 0 Å². The monoisotopic (exact) mass is 555 g/mol. The molecule has 0 spiro atoms. The van der Waals surface area contributed by atoms with E-state index in [2.05, 4.69) is 18.0 Å². The lowest BCUT2D eigenvalue weighted by Gasteiger charge is -2.30. The van der Waals surface area contributed by atoms with Crippen LogP contribution in [0.25, 0.3) is 0 Å². The first-order valence-electron chi connectivity index (χ1n) is 12.2. The number of esters is 1. The molecule has 39 heavy (non-hydrogen) atoms. The number of hydrogen-bond acceptors (Lipinski definition) is 6. The minimum absolute atomic E-state index is 0.0411. The van der Waals surface area contributed by atoms with Crippen molar-refractivity contribution in [2.75, 3.05) is 17.3 Å². The van der Waals surface area contributed by atoms with Crippen LogP contribution < -0.4 is 10.2 Å². The van der Waals surface area contributed by atoms with E-state index in [0.717, 1.165) is 11.4 Å². The number of nitrogens with one attached hydrogen (secondary N) is 1. The summed E-state index contributed by atoms with van der Waals surface area (Å²) in [5.41, 5.74) is 3.37. The predicted molar refractivity (Wildman–Crippen MR) is 156 cm³/mol. The van der Waals surface area contributed by atoms with Crippen LogP contribution in [0.3, 0.4) is 0 Å². The Labute approximate surface area is 237 Å². The number of nitrogens with zero attached hydrogens (tertiary/aromatic N) is 2. The summed E-state index contributed by atoms with van der Waals surface area (Å²) in [6.45, 7) is 5.40. The van der Waals surface area contributed by atoms with Gasteiger partial charge in [0.1, 0.15) is 6.61 Å². The van der Waals surface area contributed by atoms with E-state index < -0.39 is 11.9 Å². The van der Waals surface area contributed by atoms with E-state index in [1.165, 1.54) is 17.8 Å². The first-order valence-corrected chi connectivity index (χ1v) is 13.5. The average molecular weight is 556 g/mol. The molecule has 0 unspecified atom stereocenters. The molecule has 0 saturated heterocycles. The predicted octanol–water partition coefficient (Wildman–Crippen LogP) is 6.86. The van der Waals surface area contributed by atoms with Crippen LogP contribution >= 0.6 is 23.4 Å². The number of para-hydroxylation sites is 2. The van der Waals surface area contributed by atoms with Gasteiger partial charge in [0.2, 0.25) is 5.91 Å². The Bertz CT molecular complexity index is 1420. The molecule has 3 aromatic rings. The number of thioether (sulfide) groups is 1. The summed E-state index contributed by atoms with van der Waals surface area (Å²) >= 11 is 7.33. The highest BCUT2D eigenvalue weighted by atomic mass is 35.5. The molecule has 0 fully saturated rings. The number of anilines is 2. The van der Waals surface area contributed by atoms with Gasteiger partial charge in [0, 0.05) is 22.1 Å². The van der Waals surface area contributed by atoms with Crippen molar-refractivity contribution in [1.29, 1.82) is 5.26 Å². The molecule has 0 saturated carbocycles. The summed E-state index contributed by atoms with van der Waals surface area (Å²) in [6.07, 6.45) is 1.49. The largest absolute Gasteiger partial charge is 0.458 e. The van der Waals surface area contributed by atoms with Gasteiger partial charge in [-0.25, -0.2) is 4.79 Å². The summed E-state index contributed by atoms with van der Waals surface area (Å²) in [6, 6.07) is 28.1. The van der Waals surface area contributed by atoms with Gasteiger partial charge < -0.3 is 10.1 Å². The van der Waals surface area contributed by atoms with Gasteiger partial charge in [-0.3, -0.25) is 9.69 Å². The molecule has 0 aliphatic carbocycles. The third-order valence-corrected chi connectivity index (χ3v) is 7.28. The molecule has 1 aliphatic rings. The number of hydrogen-bond donors (Lipinski definition) is 1. The van der Waals surface area contributed by atoms with E-state index in [4.69, 9.17) is 16.3 Å². The molecule has 1 N–H and O–H groups in total. The third-order valence-electron chi connectivity index (χ3n) is 6.02. The highest BCUT2D eigenvalue weighted by Gasteiger charge is 2.36. The van der Waals surface area contributed by atoms with Crippen molar-refractivity contribution in [3.05, 3.63) is 130 Å². The highest BCUT2D eigenvalue weighted by molar-refractivity contribution is 8.03. The van der Waals surface area contributed by atoms with Crippen LogP contribution in [0.15, 0.2) is 119 Å². The fraction of sp³-hybridized carbons (Fsp3) is 0.129. The minimum atomic E-state index is -0.692. The zero-order valence-electron chi connectivity index (χ0n) is 21.3. The number of halogens is 1. The topological polar surface area (TPSA) is 82.4 Å². The number of ether oxygens (including phenoxy) is 1. The Morgan fingerprint density at radius 3 is 2.18 bits per heavy atom. The number of allylic oxidation sites excluding steroid dienone is 2. The van der Waals surface area contributed by atoms with Gasteiger partial charge in [-0.1, -0.05) is 84.5 Å². The molecule has 1 aliphatic heterocycles. The molecule has 196 valence electrons. The first-order chi connectivity index (χ1) is 18.9. The number of dihydropyridines is 1. The third kappa shape index (κ3) is 6.43. The van der Waals surface area contributed by atoms with Crippen molar-refractivity contribution >= 4 is 46.6 Å². The van der Waals surface area contributed by atoms with Crippen LogP contribution in [0.5, 0.6) is 0 Å². The van der Waals surface area contributed by atoms with Crippen molar-refractivity contribution in [1.82, 2.24) is 5.32 Å². The molecule has 0 aromatic heterocycles. The lowest BCUT2D eigenvalue weighted by Crippen LogP contribution is -2.31. The molecule has 1 amide bonds. The molecular weight excluding hydrogens is 530 g/mol. The maximum absolute atomic E-state index is 13.6. The Morgan fingerprint density at radius 2 is 1.64 bits per heavy atom. The van der Waals surface area contributed by atoms with Crippen molar-refractivity contribution in [2.45, 2.75) is 12.8 Å². The second-order valence-corrected chi connectivity index (χ2v) is 10.0. The van der Waals surface area contributed by atoms with E-state index in [-0.39, 0.29) is 18.3 Å². The standard InChI is InChI=1S/C31H26ClN3O3S/c1-3-18-38-31(37)28-21(2)34-30(26(19-33)29(28)22-14-16-23(32)17-15-22)39-20-27(36)35(24-10-6-4-7-11-24)25-12-8-5-9-13-25/h3-17,29,34H,1,18,20H2,2H3/t29-/m1/s1. The first kappa shape index (κ1) is 27.8. The molecule has 1 atom stereocenters. The molecule has 1 heterocycles. The van der Waals surface area contributed by atoms with E-state index >= 15 is 0 Å². The number of benzene rings is 3. The smallest absolute Gasteiger partial charge is 0.337 e. The van der Waals surface area contributed by atoms with Gasteiger partial charge >= 0.3 is 5.97 Å². The molecule has 3 aromatic carbocycles. The average Bonchev–Trinajstić information content (AvgIpc) is 2.96. The summed E-state index contributed by atoms with van der Waals surface area (Å²) in [5, 5.41) is 14.5. The Morgan fingerprint density at radius 1 is 1.05 bits per heavy atom. The summed E-state index contributed by atoms with van der Waals surface area (Å²) < 4.78 is 5.35. The summed E-state index contributed by atoms with van der Waals surface area (Å²) in [4.78, 5) is 28.3. The van der Waals surface area contributed by atoms with Crippen LogP contribution in [0.1, 0.15) is 18.4 Å². The molecule has 0 bridgehead atoms. The van der Waals surface area contributed by atoms with Crippen LogP contribution in [-0.4, -0.2) is 24.2 Å². The van der Waals surface area contributed by atoms with Gasteiger partial charge in [0.15, 0.2) is 0 Å². The van der Waals surface area contributed by atoms with Gasteiger partial charge in [0.05, 0.1) is 33.9 Å². The van der Waals surface area contributed by atoms with Gasteiger partial charge in [0.25, 0.3) is 0 Å². The number of nitriles is 1. The summed E-state index contributed by atoms with van der Waals surface area (Å²) in [5.74, 6) is -1.35. The molecular formula is C31H26ClN3O3S. The molecule has 8 heteroatoms. The Hall–Kier alpha value is -4.25. The lowest BCUT2D eigenvalue weighted by atomic mass is 9.82. The van der Waals surface area contributed by atoms with Gasteiger partial charge in [-0.15, -0.1) is 0 Å². The van der Waals surface area contributed by atoms with E-state index in [9.17, 15) is 14.9 Å². The van der Waals surface area contributed by atoms with E-state index in [1.54, 1.807) is 36.1 Å². The second-order valence-electron chi connectivity index (χ2n) is 8.58. The maximum Gasteiger partial charge on any atom is 0.337 e. The maximum atomic E-state index is 13.6. The van der Waals surface area contributed by atoms with Crippen LogP contribution in [0.4, 0.5) is 11.4 Å². The fourth-order valence-corrected chi connectivity index (χ4v) is 5.35. The normalized spacial score (nSPS) is 14.7. The zero-order valence-corrected chi connectivity index (χ0v) is 22.8. The fourth-order valence-electron chi connectivity index (χ4n) is 4.29. The number of rotatable bonds is 9. The molecule has 6 nitrogen and oxygen atoms in total. The van der Waals surface area contributed by atoms with Crippen molar-refractivity contribution in [2.24, 2.45) is 0 Å². The van der Waals surface area contributed by atoms with Crippen LogP contribution in [0.2, 0.25) is 5.02 Å². The Kier molecular flexibility index (Phi) is 9.27. The van der Waals surface area contributed by atoms with Gasteiger partial charge in [-0.2, -0.15) is 5.26 Å². The molecule has 4 rings (SSSR count). The highest BCUT2D eigenvalue weighted by Crippen LogP contribution is 2.41. The van der Waals surface area contributed by atoms with E-state index in [0.29, 0.717) is 32.5 Å². The van der Waals surface area contributed by atoms with Crippen molar-refractivity contribution in [3.8, 4) is 6.07 Å². The van der Waals surface area contributed by atoms with Crippen LogP contribution in [-0.2, 0) is 14.3 Å². The zero-order chi connectivity index (χ0) is 27.8. The lowest BCUT2D eigenvalue weighted by molar-refractivity contribution is -0.138. The van der Waals surface area contributed by atoms with Crippen molar-refractivity contribution < 1.29 is 14.3 Å². The second kappa shape index (κ2) is 13.0. The van der Waals surface area contributed by atoms with E-state index in [1.807, 2.05) is 60.7 Å². The molecule has 0 radical (unpaired) electrons. The summed E-state index contributed by atoms with van der Waals surface area (Å²) in [7, 11) is 0.